The molecule has 0 atom stereocenters. The van der Waals surface area contributed by atoms with Crippen molar-refractivity contribution in [2.75, 3.05) is 60.2 Å². The normalized spacial score (nSPS) is 23.0. The molecule has 5 rings (SSSR count). The molecule has 0 N–H and O–H groups in total. The molecular formula is C31H44N2O9. The molecule has 1 saturated carbocycles. The second kappa shape index (κ2) is 14.2. The van der Waals surface area contributed by atoms with E-state index in [-0.39, 0.29) is 35.7 Å². The molecule has 11 heteroatoms. The number of benzene rings is 1. The lowest BCUT2D eigenvalue weighted by Gasteiger charge is -2.45. The summed E-state index contributed by atoms with van der Waals surface area (Å²) in [6, 6.07) is 3.47. The molecule has 0 spiro atoms. The van der Waals surface area contributed by atoms with E-state index in [2.05, 4.69) is 4.90 Å². The van der Waals surface area contributed by atoms with Crippen molar-refractivity contribution in [2.24, 2.45) is 5.92 Å². The summed E-state index contributed by atoms with van der Waals surface area (Å²) in [7, 11) is 2.50. The first-order valence-electron chi connectivity index (χ1n) is 14.7. The van der Waals surface area contributed by atoms with Gasteiger partial charge in [-0.2, -0.15) is 0 Å². The standard InChI is InChI=1S/C31H44N2O9/c1-31(2,3)42-30(36)32-10-8-21(9-11-32)20-33-12-15-39-13-6-7-14-40-26-19-24(41-23-16-22(33)17-23)18-25(28(34)37-4)27(26)29(35)38-5/h6-7,18-19,21-23H,8-17,20H2,1-5H3/b7-6+. The van der Waals surface area contributed by atoms with E-state index < -0.39 is 17.5 Å². The first-order valence-corrected chi connectivity index (χ1v) is 14.7. The number of hydrogen-bond acceptors (Lipinski definition) is 10. The molecule has 4 aliphatic rings. The molecule has 0 unspecified atom stereocenters. The molecule has 0 aromatic heterocycles. The average molecular weight is 589 g/mol. The highest BCUT2D eigenvalue weighted by atomic mass is 16.6. The predicted molar refractivity (Wildman–Crippen MR) is 154 cm³/mol. The fourth-order valence-electron chi connectivity index (χ4n) is 5.47. The number of ether oxygens (including phenoxy) is 6. The second-order valence-corrected chi connectivity index (χ2v) is 12.0. The fourth-order valence-corrected chi connectivity index (χ4v) is 5.47. The minimum Gasteiger partial charge on any atom is -0.490 e. The third-order valence-corrected chi connectivity index (χ3v) is 7.76. The number of carbonyl (C=O) groups is 3. The van der Waals surface area contributed by atoms with Gasteiger partial charge in [-0.1, -0.05) is 6.08 Å². The quantitative estimate of drug-likeness (QED) is 0.290. The fraction of sp³-hybridized carbons (Fsp3) is 0.645. The minimum atomic E-state index is -0.699. The van der Waals surface area contributed by atoms with E-state index in [0.29, 0.717) is 44.0 Å². The Morgan fingerprint density at radius 3 is 2.31 bits per heavy atom. The van der Waals surface area contributed by atoms with Crippen LogP contribution in [0.3, 0.4) is 0 Å². The Bertz CT molecular complexity index is 1130. The Kier molecular flexibility index (Phi) is 10.7. The summed E-state index contributed by atoms with van der Waals surface area (Å²) in [5.74, 6) is -0.286. The van der Waals surface area contributed by atoms with E-state index in [1.54, 1.807) is 12.1 Å². The first-order chi connectivity index (χ1) is 20.1. The molecular weight excluding hydrogens is 544 g/mol. The van der Waals surface area contributed by atoms with Crippen molar-refractivity contribution >= 4 is 18.0 Å². The van der Waals surface area contributed by atoms with Gasteiger partial charge in [0.05, 0.1) is 33.0 Å². The number of nitrogens with zero attached hydrogens (tertiary/aromatic N) is 2. The maximum atomic E-state index is 12.6. The molecule has 1 aromatic carbocycles. The van der Waals surface area contributed by atoms with E-state index in [1.165, 1.54) is 20.3 Å². The molecule has 3 aliphatic heterocycles. The number of methoxy groups -OCH3 is 2. The summed E-state index contributed by atoms with van der Waals surface area (Å²) < 4.78 is 33.4. The summed E-state index contributed by atoms with van der Waals surface area (Å²) >= 11 is 0. The molecule has 1 aliphatic carbocycles. The largest absolute Gasteiger partial charge is 0.490 e. The van der Waals surface area contributed by atoms with Crippen LogP contribution in [0.4, 0.5) is 4.79 Å². The summed E-state index contributed by atoms with van der Waals surface area (Å²) in [5, 5.41) is 0. The Morgan fingerprint density at radius 2 is 1.64 bits per heavy atom. The molecule has 4 bridgehead atoms. The van der Waals surface area contributed by atoms with Crippen LogP contribution in [0.15, 0.2) is 24.3 Å². The number of esters is 2. The highest BCUT2D eigenvalue weighted by molar-refractivity contribution is 6.05. The van der Waals surface area contributed by atoms with Crippen LogP contribution in [0.25, 0.3) is 0 Å². The lowest BCUT2D eigenvalue weighted by molar-refractivity contribution is -0.0110. The van der Waals surface area contributed by atoms with Gasteiger partial charge in [-0.05, 0) is 51.7 Å². The molecule has 42 heavy (non-hydrogen) atoms. The molecule has 3 heterocycles. The highest BCUT2D eigenvalue weighted by Crippen LogP contribution is 2.36. The van der Waals surface area contributed by atoms with Crippen molar-refractivity contribution in [3.8, 4) is 11.5 Å². The minimum absolute atomic E-state index is 0.00200. The van der Waals surface area contributed by atoms with Crippen LogP contribution in [0.1, 0.15) is 67.2 Å². The van der Waals surface area contributed by atoms with Crippen molar-refractivity contribution in [1.29, 1.82) is 0 Å². The zero-order chi connectivity index (χ0) is 30.3. The average Bonchev–Trinajstić information content (AvgIpc) is 2.93. The van der Waals surface area contributed by atoms with Gasteiger partial charge in [0.1, 0.15) is 35.4 Å². The van der Waals surface area contributed by atoms with Crippen LogP contribution in [0, 0.1) is 5.92 Å². The van der Waals surface area contributed by atoms with Crippen molar-refractivity contribution < 1.29 is 42.8 Å². The van der Waals surface area contributed by atoms with E-state index in [4.69, 9.17) is 28.4 Å². The number of fused-ring (bicyclic) bond motifs is 7. The summed E-state index contributed by atoms with van der Waals surface area (Å²) in [4.78, 5) is 42.0. The Labute approximate surface area is 248 Å². The van der Waals surface area contributed by atoms with Crippen molar-refractivity contribution in [2.45, 2.75) is 64.2 Å². The molecule has 1 amide bonds. The third kappa shape index (κ3) is 8.38. The van der Waals surface area contributed by atoms with Gasteiger partial charge in [-0.3, -0.25) is 4.90 Å². The first kappa shape index (κ1) is 31.6. The second-order valence-electron chi connectivity index (χ2n) is 12.0. The van der Waals surface area contributed by atoms with Crippen LogP contribution >= 0.6 is 0 Å². The number of rotatable bonds is 4. The van der Waals surface area contributed by atoms with Gasteiger partial charge in [-0.25, -0.2) is 14.4 Å². The molecule has 2 fully saturated rings. The highest BCUT2D eigenvalue weighted by Gasteiger charge is 2.37. The van der Waals surface area contributed by atoms with Crippen LogP contribution in [-0.4, -0.2) is 106 Å². The van der Waals surface area contributed by atoms with E-state index in [1.807, 2.05) is 31.7 Å². The molecule has 11 nitrogen and oxygen atoms in total. The Morgan fingerprint density at radius 1 is 0.952 bits per heavy atom. The summed E-state index contributed by atoms with van der Waals surface area (Å²) in [6.45, 7) is 9.97. The van der Waals surface area contributed by atoms with Crippen molar-refractivity contribution in [3.05, 3.63) is 35.4 Å². The van der Waals surface area contributed by atoms with E-state index in [9.17, 15) is 14.4 Å². The lowest BCUT2D eigenvalue weighted by atomic mass is 9.86. The Hall–Kier alpha value is -3.31. The number of hydrogen-bond donors (Lipinski definition) is 0. The SMILES string of the molecule is COC(=O)c1cc2cc(c1C(=O)OC)OC/C=C/COCCN(CC1CCN(C(=O)OC(C)(C)C)CC1)C1CC(C1)O2. The van der Waals surface area contributed by atoms with E-state index >= 15 is 0 Å². The van der Waals surface area contributed by atoms with Crippen molar-refractivity contribution in [3.63, 3.8) is 0 Å². The van der Waals surface area contributed by atoms with Gasteiger partial charge in [0.25, 0.3) is 0 Å². The monoisotopic (exact) mass is 588 g/mol. The van der Waals surface area contributed by atoms with Gasteiger partial charge >= 0.3 is 18.0 Å². The number of carbonyl (C=O) groups excluding carboxylic acids is 3. The zero-order valence-corrected chi connectivity index (χ0v) is 25.4. The maximum absolute atomic E-state index is 12.6. The lowest BCUT2D eigenvalue weighted by Crippen LogP contribution is -2.52. The molecule has 0 radical (unpaired) electrons. The molecule has 1 saturated heterocycles. The van der Waals surface area contributed by atoms with E-state index in [0.717, 1.165) is 38.8 Å². The zero-order valence-electron chi connectivity index (χ0n) is 25.4. The maximum Gasteiger partial charge on any atom is 0.410 e. The van der Waals surface area contributed by atoms with Crippen LogP contribution < -0.4 is 9.47 Å². The predicted octanol–water partition coefficient (Wildman–Crippen LogP) is 4.08. The van der Waals surface area contributed by atoms with Gasteiger partial charge in [-0.15, -0.1) is 0 Å². The van der Waals surface area contributed by atoms with Gasteiger partial charge in [0.2, 0.25) is 0 Å². The van der Waals surface area contributed by atoms with Crippen LogP contribution in [0.2, 0.25) is 0 Å². The van der Waals surface area contributed by atoms with Gasteiger partial charge < -0.3 is 33.3 Å². The Balaban J connectivity index is 1.44. The van der Waals surface area contributed by atoms with Crippen LogP contribution in [0.5, 0.6) is 11.5 Å². The van der Waals surface area contributed by atoms with Gasteiger partial charge in [0, 0.05) is 51.1 Å². The number of likely N-dealkylation sites (tertiary alicyclic amines) is 1. The topological polar surface area (TPSA) is 113 Å². The number of piperidine rings is 1. The van der Waals surface area contributed by atoms with Gasteiger partial charge in [0.15, 0.2) is 0 Å². The summed E-state index contributed by atoms with van der Waals surface area (Å²) in [5.41, 5.74) is -0.474. The number of amides is 1. The molecule has 232 valence electrons. The third-order valence-electron chi connectivity index (χ3n) is 7.76. The summed E-state index contributed by atoms with van der Waals surface area (Å²) in [6.07, 6.45) is 6.86. The smallest absolute Gasteiger partial charge is 0.410 e. The van der Waals surface area contributed by atoms with Crippen LogP contribution in [-0.2, 0) is 18.9 Å². The molecule has 1 aromatic rings. The van der Waals surface area contributed by atoms with Crippen molar-refractivity contribution in [1.82, 2.24) is 9.80 Å².